The van der Waals surface area contributed by atoms with Gasteiger partial charge in [-0.25, -0.2) is 4.99 Å². The number of carbonyl (C=O) groups is 2. The molecular formula is C23H25IN4O3. The molecule has 162 valence electrons. The number of guanidine groups is 1. The van der Waals surface area contributed by atoms with Gasteiger partial charge in [0.25, 0.3) is 11.8 Å². The third-order valence-corrected chi connectivity index (χ3v) is 6.41. The highest BCUT2D eigenvalue weighted by molar-refractivity contribution is 14.1. The highest BCUT2D eigenvalue weighted by atomic mass is 127. The summed E-state index contributed by atoms with van der Waals surface area (Å²) in [6.45, 7) is 2.74. The van der Waals surface area contributed by atoms with E-state index >= 15 is 0 Å². The second-order valence-electron chi connectivity index (χ2n) is 7.83. The van der Waals surface area contributed by atoms with E-state index in [1.54, 1.807) is 13.1 Å². The minimum atomic E-state index is -1.08. The Morgan fingerprint density at radius 1 is 1.32 bits per heavy atom. The number of halogens is 1. The Balaban J connectivity index is 1.72. The number of nitrogens with zero attached hydrogens (tertiary/aromatic N) is 2. The number of likely N-dealkylation sites (N-methyl/N-ethyl adjacent to an activating group) is 1. The van der Waals surface area contributed by atoms with E-state index in [1.807, 2.05) is 36.4 Å². The van der Waals surface area contributed by atoms with E-state index in [1.165, 1.54) is 4.90 Å². The number of aliphatic imine (C=N–C) groups is 1. The van der Waals surface area contributed by atoms with E-state index in [0.717, 1.165) is 24.0 Å². The van der Waals surface area contributed by atoms with Crippen molar-refractivity contribution in [2.45, 2.75) is 35.8 Å². The quantitative estimate of drug-likeness (QED) is 0.351. The zero-order chi connectivity index (χ0) is 22.2. The van der Waals surface area contributed by atoms with Crippen LogP contribution in [-0.4, -0.2) is 40.4 Å². The lowest BCUT2D eigenvalue weighted by molar-refractivity contribution is -0.131. The van der Waals surface area contributed by atoms with Crippen LogP contribution in [0.2, 0.25) is 0 Å². The number of nitrogens with two attached hydrogens (primary N) is 1. The van der Waals surface area contributed by atoms with Crippen LogP contribution < -0.4 is 15.8 Å². The largest absolute Gasteiger partial charge is 0.480 e. The average Bonchev–Trinajstić information content (AvgIpc) is 2.97. The van der Waals surface area contributed by atoms with Crippen molar-refractivity contribution in [2.75, 3.05) is 13.6 Å². The molecule has 0 aliphatic carbocycles. The summed E-state index contributed by atoms with van der Waals surface area (Å²) >= 11 is 2.18. The molecule has 0 unspecified atom stereocenters. The molecule has 0 fully saturated rings. The number of amides is 2. The van der Waals surface area contributed by atoms with Crippen LogP contribution in [0.3, 0.4) is 0 Å². The van der Waals surface area contributed by atoms with Crippen LogP contribution in [-0.2, 0) is 10.3 Å². The number of hydrogen-bond donors (Lipinski definition) is 2. The first-order chi connectivity index (χ1) is 14.9. The maximum atomic E-state index is 13.1. The van der Waals surface area contributed by atoms with Crippen LogP contribution in [0, 0.1) is 0 Å². The number of fused-ring (bicyclic) bond motifs is 2. The predicted octanol–water partition coefficient (Wildman–Crippen LogP) is 3.41. The van der Waals surface area contributed by atoms with E-state index in [9.17, 15) is 9.59 Å². The van der Waals surface area contributed by atoms with Gasteiger partial charge in [0, 0.05) is 31.1 Å². The van der Waals surface area contributed by atoms with Crippen LogP contribution in [0.1, 0.15) is 42.1 Å². The summed E-state index contributed by atoms with van der Waals surface area (Å²) in [7, 11) is 1.64. The van der Waals surface area contributed by atoms with Gasteiger partial charge in [-0.15, -0.1) is 0 Å². The molecule has 0 saturated carbocycles. The van der Waals surface area contributed by atoms with Crippen LogP contribution in [0.5, 0.6) is 5.75 Å². The van der Waals surface area contributed by atoms with Crippen molar-refractivity contribution >= 4 is 40.4 Å². The van der Waals surface area contributed by atoms with Crippen LogP contribution in [0.15, 0.2) is 47.5 Å². The van der Waals surface area contributed by atoms with Crippen molar-refractivity contribution in [1.82, 2.24) is 10.2 Å². The van der Waals surface area contributed by atoms with Crippen molar-refractivity contribution in [3.8, 4) is 16.9 Å². The van der Waals surface area contributed by atoms with E-state index in [2.05, 4.69) is 39.8 Å². The molecule has 2 amide bonds. The number of ether oxygens (including phenoxy) is 1. The number of alkyl halides is 1. The van der Waals surface area contributed by atoms with Crippen LogP contribution in [0.25, 0.3) is 11.1 Å². The molecule has 0 radical (unpaired) electrons. The second-order valence-corrected chi connectivity index (χ2v) is 9.22. The van der Waals surface area contributed by atoms with E-state index in [0.29, 0.717) is 29.8 Å². The fraction of sp³-hybridized carbons (Fsp3) is 0.348. The Labute approximate surface area is 195 Å². The number of hydrogen-bond acceptors (Lipinski definition) is 5. The molecular weight excluding hydrogens is 507 g/mol. The number of carbonyl (C=O) groups excluding carboxylic acids is 2. The molecule has 2 aromatic rings. The standard InChI is InChI=1S/C23H25IN4O3/c1-3-4-10-26-20(29)16-7-5-6-14(11-16)15-8-9-18-17(12-15)23(13-19(24)31-18)21(30)28(2)22(25)27-23/h5-9,11-12,19H,3-4,10,13H2,1-2H3,(H2,25,27)(H,26,29)/t19-,23+/m1/s1. The van der Waals surface area contributed by atoms with Crippen LogP contribution in [0.4, 0.5) is 0 Å². The molecule has 2 atom stereocenters. The zero-order valence-electron chi connectivity index (χ0n) is 17.5. The molecule has 0 bridgehead atoms. The van der Waals surface area contributed by atoms with Gasteiger partial charge in [-0.3, -0.25) is 14.5 Å². The van der Waals surface area contributed by atoms with Crippen molar-refractivity contribution < 1.29 is 14.3 Å². The Morgan fingerprint density at radius 2 is 2.10 bits per heavy atom. The SMILES string of the molecule is CCCCNC(=O)c1cccc(-c2ccc3c(c2)[C@]2(C[C@H](I)O3)N=C(N)N(C)C2=O)c1. The summed E-state index contributed by atoms with van der Waals surface area (Å²) in [6.07, 6.45) is 2.38. The molecule has 2 aliphatic rings. The maximum absolute atomic E-state index is 13.1. The summed E-state index contributed by atoms with van der Waals surface area (Å²) in [6, 6.07) is 13.2. The number of rotatable bonds is 5. The second kappa shape index (κ2) is 8.49. The first-order valence-electron chi connectivity index (χ1n) is 10.3. The van der Waals surface area contributed by atoms with Gasteiger partial charge >= 0.3 is 0 Å². The third kappa shape index (κ3) is 3.88. The van der Waals surface area contributed by atoms with E-state index in [4.69, 9.17) is 10.5 Å². The highest BCUT2D eigenvalue weighted by Gasteiger charge is 2.53. The molecule has 2 aliphatic heterocycles. The Morgan fingerprint density at radius 3 is 2.81 bits per heavy atom. The molecule has 0 aromatic heterocycles. The summed E-state index contributed by atoms with van der Waals surface area (Å²) in [5.41, 5.74) is 7.98. The predicted molar refractivity (Wildman–Crippen MR) is 128 cm³/mol. The first-order valence-corrected chi connectivity index (χ1v) is 11.6. The zero-order valence-corrected chi connectivity index (χ0v) is 19.7. The average molecular weight is 532 g/mol. The number of unbranched alkanes of at least 4 members (excludes halogenated alkanes) is 1. The number of nitrogens with one attached hydrogen (secondary N) is 1. The van der Waals surface area contributed by atoms with Gasteiger partial charge in [0.2, 0.25) is 0 Å². The molecule has 7 nitrogen and oxygen atoms in total. The topological polar surface area (TPSA) is 97.0 Å². The fourth-order valence-electron chi connectivity index (χ4n) is 3.99. The fourth-order valence-corrected chi connectivity index (χ4v) is 4.90. The van der Waals surface area contributed by atoms with Gasteiger partial charge in [-0.2, -0.15) is 0 Å². The lowest BCUT2D eigenvalue weighted by atomic mass is 9.83. The van der Waals surface area contributed by atoms with Gasteiger partial charge < -0.3 is 15.8 Å². The Hall–Kier alpha value is -2.62. The Kier molecular flexibility index (Phi) is 5.92. The molecule has 31 heavy (non-hydrogen) atoms. The molecule has 4 rings (SSSR count). The van der Waals surface area contributed by atoms with Crippen molar-refractivity contribution in [1.29, 1.82) is 0 Å². The molecule has 3 N–H and O–H groups in total. The summed E-state index contributed by atoms with van der Waals surface area (Å²) in [5, 5.41) is 2.95. The van der Waals surface area contributed by atoms with Crippen molar-refractivity contribution in [3.63, 3.8) is 0 Å². The first kappa shape index (κ1) is 21.6. The molecule has 0 saturated heterocycles. The van der Waals surface area contributed by atoms with E-state index < -0.39 is 5.54 Å². The molecule has 8 heteroatoms. The highest BCUT2D eigenvalue weighted by Crippen LogP contribution is 2.48. The summed E-state index contributed by atoms with van der Waals surface area (Å²) < 4.78 is 5.79. The van der Waals surface area contributed by atoms with Gasteiger partial charge in [-0.1, -0.05) is 31.5 Å². The monoisotopic (exact) mass is 532 g/mol. The van der Waals surface area contributed by atoms with Gasteiger partial charge in [0.15, 0.2) is 15.6 Å². The third-order valence-electron chi connectivity index (χ3n) is 5.72. The molecule has 1 spiro atoms. The smallest absolute Gasteiger partial charge is 0.262 e. The minimum absolute atomic E-state index is 0.0919. The van der Waals surface area contributed by atoms with E-state index in [-0.39, 0.29) is 21.9 Å². The number of benzene rings is 2. The maximum Gasteiger partial charge on any atom is 0.262 e. The van der Waals surface area contributed by atoms with Gasteiger partial charge in [0.1, 0.15) is 5.75 Å². The minimum Gasteiger partial charge on any atom is -0.480 e. The van der Waals surface area contributed by atoms with Crippen molar-refractivity contribution in [3.05, 3.63) is 53.6 Å². The summed E-state index contributed by atoms with van der Waals surface area (Å²) in [4.78, 5) is 31.6. The van der Waals surface area contributed by atoms with Crippen LogP contribution >= 0.6 is 22.6 Å². The van der Waals surface area contributed by atoms with Gasteiger partial charge in [-0.05, 0) is 64.4 Å². The van der Waals surface area contributed by atoms with Crippen molar-refractivity contribution in [2.24, 2.45) is 10.7 Å². The normalized spacial score (nSPS) is 22.2. The lowest BCUT2D eigenvalue weighted by Crippen LogP contribution is -2.44. The lowest BCUT2D eigenvalue weighted by Gasteiger charge is -2.34. The Bertz CT molecular complexity index is 1070. The molecule has 2 heterocycles. The molecule has 2 aromatic carbocycles. The summed E-state index contributed by atoms with van der Waals surface area (Å²) in [5.74, 6) is 0.587. The van der Waals surface area contributed by atoms with Gasteiger partial charge in [0.05, 0.1) is 0 Å².